The Morgan fingerprint density at radius 2 is 1.96 bits per heavy atom. The molecule has 1 aromatic carbocycles. The highest BCUT2D eigenvalue weighted by Gasteiger charge is 2.28. The normalized spacial score (nSPS) is 16.6. The van der Waals surface area contributed by atoms with Gasteiger partial charge in [-0.2, -0.15) is 0 Å². The highest BCUT2D eigenvalue weighted by atomic mass is 32.2. The molecular formula is C17H26N2O4S. The van der Waals surface area contributed by atoms with Crippen LogP contribution in [0, 0.1) is 5.92 Å². The maximum atomic E-state index is 12.7. The lowest BCUT2D eigenvalue weighted by molar-refractivity contribution is 0.0672. The lowest BCUT2D eigenvalue weighted by Gasteiger charge is -2.25. The number of anilines is 1. The number of sulfonamides is 1. The van der Waals surface area contributed by atoms with E-state index in [4.69, 9.17) is 4.74 Å². The Hall–Kier alpha value is -1.60. The molecule has 134 valence electrons. The van der Waals surface area contributed by atoms with E-state index in [0.717, 1.165) is 0 Å². The topological polar surface area (TPSA) is 66.9 Å². The summed E-state index contributed by atoms with van der Waals surface area (Å²) in [5.74, 6) is 0.490. The molecule has 0 aromatic heterocycles. The average molecular weight is 354 g/mol. The molecule has 1 saturated heterocycles. The predicted octanol–water partition coefficient (Wildman–Crippen LogP) is 1.97. The minimum Gasteiger partial charge on any atom is -0.383 e. The summed E-state index contributed by atoms with van der Waals surface area (Å²) in [6, 6.07) is 6.82. The quantitative estimate of drug-likeness (QED) is 0.751. The van der Waals surface area contributed by atoms with E-state index in [1.165, 1.54) is 4.31 Å². The lowest BCUT2D eigenvalue weighted by Crippen LogP contribution is -2.36. The molecule has 2 rings (SSSR count). The molecule has 1 amide bonds. The van der Waals surface area contributed by atoms with Gasteiger partial charge in [0.05, 0.1) is 18.0 Å². The van der Waals surface area contributed by atoms with E-state index < -0.39 is 10.0 Å². The number of carbonyl (C=O) groups excluding carboxylic acids is 1. The summed E-state index contributed by atoms with van der Waals surface area (Å²) in [7, 11) is -1.58. The Bertz CT molecular complexity index is 656. The molecule has 1 aliphatic heterocycles. The molecule has 24 heavy (non-hydrogen) atoms. The summed E-state index contributed by atoms with van der Waals surface area (Å²) in [5.41, 5.74) is 1.18. The van der Waals surface area contributed by atoms with Gasteiger partial charge in [-0.25, -0.2) is 8.42 Å². The molecular weight excluding hydrogens is 328 g/mol. The van der Waals surface area contributed by atoms with Gasteiger partial charge >= 0.3 is 0 Å². The fraction of sp³-hybridized carbons (Fsp3) is 0.588. The van der Waals surface area contributed by atoms with Gasteiger partial charge in [0.15, 0.2) is 0 Å². The standard InChI is InChI=1S/C17H26N2O4S/c1-14(2)13-18(10-11-23-3)17(20)15-5-7-16(8-6-15)19-9-4-12-24(19,21)22/h5-8,14H,4,9-13H2,1-3H3. The van der Waals surface area contributed by atoms with E-state index in [-0.39, 0.29) is 11.7 Å². The third-order valence-electron chi connectivity index (χ3n) is 3.94. The van der Waals surface area contributed by atoms with E-state index in [1.807, 2.05) is 0 Å². The summed E-state index contributed by atoms with van der Waals surface area (Å²) < 4.78 is 30.4. The number of carbonyl (C=O) groups is 1. The molecule has 0 unspecified atom stereocenters. The van der Waals surface area contributed by atoms with Gasteiger partial charge in [-0.3, -0.25) is 9.10 Å². The molecule has 1 fully saturated rings. The summed E-state index contributed by atoms with van der Waals surface area (Å²) in [4.78, 5) is 14.5. The minimum absolute atomic E-state index is 0.0587. The number of ether oxygens (including phenoxy) is 1. The smallest absolute Gasteiger partial charge is 0.253 e. The highest BCUT2D eigenvalue weighted by Crippen LogP contribution is 2.24. The summed E-state index contributed by atoms with van der Waals surface area (Å²) in [5, 5.41) is 0. The lowest BCUT2D eigenvalue weighted by atomic mass is 10.1. The zero-order valence-corrected chi connectivity index (χ0v) is 15.4. The van der Waals surface area contributed by atoms with Crippen molar-refractivity contribution >= 4 is 21.6 Å². The van der Waals surface area contributed by atoms with Gasteiger partial charge in [-0.05, 0) is 36.6 Å². The molecule has 0 atom stereocenters. The minimum atomic E-state index is -3.20. The molecule has 0 N–H and O–H groups in total. The van der Waals surface area contributed by atoms with Gasteiger partial charge in [0.25, 0.3) is 5.91 Å². The van der Waals surface area contributed by atoms with Crippen molar-refractivity contribution in [3.05, 3.63) is 29.8 Å². The predicted molar refractivity (Wildman–Crippen MR) is 94.8 cm³/mol. The number of rotatable bonds is 7. The van der Waals surface area contributed by atoms with E-state index in [1.54, 1.807) is 36.3 Å². The number of nitrogens with zero attached hydrogens (tertiary/aromatic N) is 2. The zero-order valence-electron chi connectivity index (χ0n) is 14.6. The van der Waals surface area contributed by atoms with Gasteiger partial charge < -0.3 is 9.64 Å². The zero-order chi connectivity index (χ0) is 17.7. The third-order valence-corrected chi connectivity index (χ3v) is 5.81. The number of benzene rings is 1. The van der Waals surface area contributed by atoms with Crippen LogP contribution in [-0.2, 0) is 14.8 Å². The Balaban J connectivity index is 2.14. The molecule has 1 heterocycles. The molecule has 1 aromatic rings. The molecule has 6 nitrogen and oxygen atoms in total. The third kappa shape index (κ3) is 4.48. The summed E-state index contributed by atoms with van der Waals surface area (Å²) in [6.07, 6.45) is 0.641. The number of amides is 1. The first-order valence-electron chi connectivity index (χ1n) is 8.24. The summed E-state index contributed by atoms with van der Waals surface area (Å²) in [6.45, 7) is 6.31. The van der Waals surface area contributed by atoms with Crippen molar-refractivity contribution in [3.63, 3.8) is 0 Å². The molecule has 0 radical (unpaired) electrons. The first kappa shape index (κ1) is 18.7. The van der Waals surface area contributed by atoms with Gasteiger partial charge in [-0.15, -0.1) is 0 Å². The molecule has 0 spiro atoms. The highest BCUT2D eigenvalue weighted by molar-refractivity contribution is 7.93. The van der Waals surface area contributed by atoms with Crippen LogP contribution in [-0.4, -0.2) is 58.3 Å². The van der Waals surface area contributed by atoms with E-state index in [9.17, 15) is 13.2 Å². The van der Waals surface area contributed by atoms with Crippen LogP contribution >= 0.6 is 0 Å². The second kappa shape index (κ2) is 7.98. The first-order chi connectivity index (χ1) is 11.3. The van der Waals surface area contributed by atoms with Crippen LogP contribution < -0.4 is 4.31 Å². The maximum Gasteiger partial charge on any atom is 0.253 e. The summed E-state index contributed by atoms with van der Waals surface area (Å²) >= 11 is 0. The van der Waals surface area contributed by atoms with Crippen LogP contribution in [0.3, 0.4) is 0 Å². The van der Waals surface area contributed by atoms with E-state index in [2.05, 4.69) is 13.8 Å². The first-order valence-corrected chi connectivity index (χ1v) is 9.85. The Labute approximate surface area is 144 Å². The number of methoxy groups -OCH3 is 1. The molecule has 0 saturated carbocycles. The monoisotopic (exact) mass is 354 g/mol. The Kier molecular flexibility index (Phi) is 6.23. The number of hydrogen-bond donors (Lipinski definition) is 0. The number of hydrogen-bond acceptors (Lipinski definition) is 4. The average Bonchev–Trinajstić information content (AvgIpc) is 2.90. The van der Waals surface area contributed by atoms with Crippen LogP contribution in [0.15, 0.2) is 24.3 Å². The Morgan fingerprint density at radius 3 is 2.46 bits per heavy atom. The SMILES string of the molecule is COCCN(CC(C)C)C(=O)c1ccc(N2CCCS2(=O)=O)cc1. The van der Waals surface area contributed by atoms with Crippen LogP contribution in [0.25, 0.3) is 0 Å². The molecule has 0 bridgehead atoms. The van der Waals surface area contributed by atoms with Gasteiger partial charge in [0.1, 0.15) is 0 Å². The van der Waals surface area contributed by atoms with Crippen molar-refractivity contribution in [1.29, 1.82) is 0 Å². The molecule has 0 aliphatic carbocycles. The van der Waals surface area contributed by atoms with Crippen LogP contribution in [0.5, 0.6) is 0 Å². The van der Waals surface area contributed by atoms with Crippen LogP contribution in [0.1, 0.15) is 30.6 Å². The van der Waals surface area contributed by atoms with Crippen molar-refractivity contribution in [2.24, 2.45) is 5.92 Å². The molecule has 7 heteroatoms. The van der Waals surface area contributed by atoms with Crippen molar-refractivity contribution < 1.29 is 17.9 Å². The van der Waals surface area contributed by atoms with Crippen molar-refractivity contribution in [1.82, 2.24) is 4.90 Å². The second-order valence-electron chi connectivity index (χ2n) is 6.43. The largest absolute Gasteiger partial charge is 0.383 e. The van der Waals surface area contributed by atoms with Crippen molar-refractivity contribution in [2.75, 3.05) is 43.4 Å². The second-order valence-corrected chi connectivity index (χ2v) is 8.44. The van der Waals surface area contributed by atoms with Crippen molar-refractivity contribution in [3.8, 4) is 0 Å². The van der Waals surface area contributed by atoms with Gasteiger partial charge in [0.2, 0.25) is 10.0 Å². The van der Waals surface area contributed by atoms with E-state index in [0.29, 0.717) is 49.8 Å². The fourth-order valence-corrected chi connectivity index (χ4v) is 4.36. The Morgan fingerprint density at radius 1 is 1.29 bits per heavy atom. The van der Waals surface area contributed by atoms with Crippen LogP contribution in [0.4, 0.5) is 5.69 Å². The maximum absolute atomic E-state index is 12.7. The van der Waals surface area contributed by atoms with Crippen LogP contribution in [0.2, 0.25) is 0 Å². The molecule has 1 aliphatic rings. The fourth-order valence-electron chi connectivity index (χ4n) is 2.80. The van der Waals surface area contributed by atoms with Gasteiger partial charge in [-0.1, -0.05) is 13.8 Å². The van der Waals surface area contributed by atoms with Gasteiger partial charge in [0, 0.05) is 32.3 Å². The van der Waals surface area contributed by atoms with Crippen molar-refractivity contribution in [2.45, 2.75) is 20.3 Å². The van der Waals surface area contributed by atoms with E-state index >= 15 is 0 Å².